The van der Waals surface area contributed by atoms with Gasteiger partial charge in [-0.05, 0) is 37.4 Å². The summed E-state index contributed by atoms with van der Waals surface area (Å²) in [6.45, 7) is 3.82. The van der Waals surface area contributed by atoms with E-state index in [9.17, 15) is 4.79 Å². The predicted molar refractivity (Wildman–Crippen MR) is 99.7 cm³/mol. The van der Waals surface area contributed by atoms with Crippen LogP contribution in [0.2, 0.25) is 0 Å². The van der Waals surface area contributed by atoms with Crippen LogP contribution < -0.4 is 5.32 Å². The molecule has 0 saturated carbocycles. The van der Waals surface area contributed by atoms with E-state index < -0.39 is 0 Å². The number of methoxy groups -OCH3 is 1. The first kappa shape index (κ1) is 18.1. The third-order valence-corrected chi connectivity index (χ3v) is 5.68. The van der Waals surface area contributed by atoms with Crippen LogP contribution in [0.25, 0.3) is 11.4 Å². The van der Waals surface area contributed by atoms with E-state index in [0.717, 1.165) is 43.9 Å². The van der Waals surface area contributed by atoms with Gasteiger partial charge < -0.3 is 10.1 Å². The molecule has 3 fully saturated rings. The SMILES string of the molecule is COCCNC(=O)[C@H]1CN2CC[C@@H]1C[C@@H]2Cn1cc(-c2ccccn2)nn1. The number of nitrogens with zero attached hydrogens (tertiary/aromatic N) is 5. The van der Waals surface area contributed by atoms with Crippen LogP contribution in [-0.2, 0) is 16.1 Å². The van der Waals surface area contributed by atoms with Crippen LogP contribution in [0.4, 0.5) is 0 Å². The number of piperidine rings is 3. The van der Waals surface area contributed by atoms with Crippen LogP contribution in [0.5, 0.6) is 0 Å². The van der Waals surface area contributed by atoms with Crippen molar-refractivity contribution in [3.63, 3.8) is 0 Å². The number of amides is 1. The minimum Gasteiger partial charge on any atom is -0.383 e. The smallest absolute Gasteiger partial charge is 0.224 e. The summed E-state index contributed by atoms with van der Waals surface area (Å²) >= 11 is 0. The zero-order valence-corrected chi connectivity index (χ0v) is 15.6. The number of hydrogen-bond donors (Lipinski definition) is 1. The van der Waals surface area contributed by atoms with Crippen molar-refractivity contribution in [1.29, 1.82) is 0 Å². The number of carbonyl (C=O) groups excluding carboxylic acids is 1. The van der Waals surface area contributed by atoms with Crippen molar-refractivity contribution in [2.75, 3.05) is 33.4 Å². The van der Waals surface area contributed by atoms with Crippen LogP contribution in [0, 0.1) is 11.8 Å². The second-order valence-corrected chi connectivity index (χ2v) is 7.36. The van der Waals surface area contributed by atoms with Gasteiger partial charge in [0.05, 0.1) is 31.0 Å². The van der Waals surface area contributed by atoms with E-state index in [1.54, 1.807) is 13.3 Å². The molecule has 8 heteroatoms. The molecule has 2 aromatic heterocycles. The van der Waals surface area contributed by atoms with Gasteiger partial charge in [-0.25, -0.2) is 0 Å². The van der Waals surface area contributed by atoms with Gasteiger partial charge >= 0.3 is 0 Å². The third-order valence-electron chi connectivity index (χ3n) is 5.68. The van der Waals surface area contributed by atoms with Gasteiger partial charge in [0.1, 0.15) is 5.69 Å². The normalized spacial score (nSPS) is 26.9. The van der Waals surface area contributed by atoms with Gasteiger partial charge in [-0.2, -0.15) is 0 Å². The summed E-state index contributed by atoms with van der Waals surface area (Å²) in [4.78, 5) is 19.2. The lowest BCUT2D eigenvalue weighted by atomic mass is 9.75. The second-order valence-electron chi connectivity index (χ2n) is 7.36. The van der Waals surface area contributed by atoms with Gasteiger partial charge in [-0.1, -0.05) is 11.3 Å². The number of rotatable bonds is 7. The molecule has 0 radical (unpaired) electrons. The topological polar surface area (TPSA) is 85.2 Å². The molecule has 5 heterocycles. The van der Waals surface area contributed by atoms with E-state index in [1.807, 2.05) is 29.1 Å². The quantitative estimate of drug-likeness (QED) is 0.726. The summed E-state index contributed by atoms with van der Waals surface area (Å²) in [5, 5.41) is 11.5. The van der Waals surface area contributed by atoms with Crippen molar-refractivity contribution in [2.24, 2.45) is 11.8 Å². The molecule has 8 nitrogen and oxygen atoms in total. The molecular formula is C19H26N6O2. The van der Waals surface area contributed by atoms with E-state index in [0.29, 0.717) is 25.1 Å². The molecule has 27 heavy (non-hydrogen) atoms. The Morgan fingerprint density at radius 2 is 2.30 bits per heavy atom. The standard InChI is InChI=1S/C19H26N6O2/c1-27-9-7-21-19(26)16-12-24-8-5-14(16)10-15(24)11-25-13-18(22-23-25)17-4-2-3-6-20-17/h2-4,6,13-16H,5,7-12H2,1H3,(H,21,26)/t14-,15-,16+/m1/s1. The highest BCUT2D eigenvalue weighted by Crippen LogP contribution is 2.37. The van der Waals surface area contributed by atoms with E-state index in [1.165, 1.54) is 0 Å². The first-order valence-electron chi connectivity index (χ1n) is 9.57. The average Bonchev–Trinajstić information content (AvgIpc) is 3.18. The molecule has 5 rings (SSSR count). The fraction of sp³-hybridized carbons (Fsp3) is 0.579. The Labute approximate surface area is 158 Å². The van der Waals surface area contributed by atoms with Crippen LogP contribution >= 0.6 is 0 Å². The zero-order valence-electron chi connectivity index (χ0n) is 15.6. The number of hydrogen-bond acceptors (Lipinski definition) is 6. The summed E-state index contributed by atoms with van der Waals surface area (Å²) in [6, 6.07) is 6.19. The van der Waals surface area contributed by atoms with Gasteiger partial charge in [-0.3, -0.25) is 19.4 Å². The minimum absolute atomic E-state index is 0.0895. The first-order valence-corrected chi connectivity index (χ1v) is 9.57. The molecule has 0 aromatic carbocycles. The largest absolute Gasteiger partial charge is 0.383 e. The molecule has 0 aliphatic carbocycles. The Balaban J connectivity index is 1.36. The molecule has 3 aliphatic heterocycles. The monoisotopic (exact) mass is 370 g/mol. The van der Waals surface area contributed by atoms with Crippen LogP contribution in [0.1, 0.15) is 12.8 Å². The van der Waals surface area contributed by atoms with Crippen LogP contribution in [0.15, 0.2) is 30.6 Å². The fourth-order valence-corrected chi connectivity index (χ4v) is 4.27. The lowest BCUT2D eigenvalue weighted by molar-refractivity contribution is -0.133. The predicted octanol–water partition coefficient (Wildman–Crippen LogP) is 0.813. The van der Waals surface area contributed by atoms with Crippen molar-refractivity contribution in [1.82, 2.24) is 30.2 Å². The fourth-order valence-electron chi connectivity index (χ4n) is 4.27. The van der Waals surface area contributed by atoms with E-state index >= 15 is 0 Å². The molecule has 3 aliphatic rings. The highest BCUT2D eigenvalue weighted by atomic mass is 16.5. The summed E-state index contributed by atoms with van der Waals surface area (Å²) < 4.78 is 6.92. The Morgan fingerprint density at radius 3 is 3.04 bits per heavy atom. The highest BCUT2D eigenvalue weighted by Gasteiger charge is 2.43. The van der Waals surface area contributed by atoms with Crippen molar-refractivity contribution >= 4 is 5.91 Å². The van der Waals surface area contributed by atoms with Crippen molar-refractivity contribution in [2.45, 2.75) is 25.4 Å². The maximum Gasteiger partial charge on any atom is 0.224 e. The number of nitrogens with one attached hydrogen (secondary N) is 1. The van der Waals surface area contributed by atoms with Gasteiger partial charge in [0.25, 0.3) is 0 Å². The average molecular weight is 370 g/mol. The molecular weight excluding hydrogens is 344 g/mol. The molecule has 0 spiro atoms. The Bertz CT molecular complexity index is 765. The highest BCUT2D eigenvalue weighted by molar-refractivity contribution is 5.79. The third kappa shape index (κ3) is 4.01. The Kier molecular flexibility index (Phi) is 5.45. The maximum absolute atomic E-state index is 12.5. The van der Waals surface area contributed by atoms with Crippen LogP contribution in [0.3, 0.4) is 0 Å². The molecule has 2 bridgehead atoms. The Hall–Kier alpha value is -2.32. The summed E-state index contributed by atoms with van der Waals surface area (Å²) in [6.07, 6.45) is 5.84. The maximum atomic E-state index is 12.5. The van der Waals surface area contributed by atoms with Crippen molar-refractivity contribution in [3.05, 3.63) is 30.6 Å². The second kappa shape index (κ2) is 8.14. The molecule has 4 atom stereocenters. The van der Waals surface area contributed by atoms with E-state index in [-0.39, 0.29) is 11.8 Å². The molecule has 1 N–H and O–H groups in total. The molecule has 1 amide bonds. The molecule has 3 saturated heterocycles. The van der Waals surface area contributed by atoms with Gasteiger partial charge in [-0.15, -0.1) is 5.10 Å². The van der Waals surface area contributed by atoms with Gasteiger partial charge in [0.2, 0.25) is 5.91 Å². The van der Waals surface area contributed by atoms with E-state index in [2.05, 4.69) is 25.5 Å². The van der Waals surface area contributed by atoms with Crippen molar-refractivity contribution in [3.8, 4) is 11.4 Å². The lowest BCUT2D eigenvalue weighted by Gasteiger charge is -2.49. The Morgan fingerprint density at radius 1 is 1.37 bits per heavy atom. The van der Waals surface area contributed by atoms with E-state index in [4.69, 9.17) is 4.74 Å². The number of carbonyl (C=O) groups is 1. The molecule has 2 aromatic rings. The number of ether oxygens (including phenoxy) is 1. The summed E-state index contributed by atoms with van der Waals surface area (Å²) in [7, 11) is 1.65. The zero-order chi connectivity index (χ0) is 18.6. The molecule has 1 unspecified atom stereocenters. The molecule has 144 valence electrons. The number of fused-ring (bicyclic) bond motifs is 3. The first-order chi connectivity index (χ1) is 13.2. The minimum atomic E-state index is 0.0895. The van der Waals surface area contributed by atoms with Crippen molar-refractivity contribution < 1.29 is 9.53 Å². The van der Waals surface area contributed by atoms with Crippen LogP contribution in [-0.4, -0.2) is 70.2 Å². The summed E-state index contributed by atoms with van der Waals surface area (Å²) in [5.74, 6) is 0.700. The lowest BCUT2D eigenvalue weighted by Crippen LogP contribution is -2.58. The number of aromatic nitrogens is 4. The summed E-state index contributed by atoms with van der Waals surface area (Å²) in [5.41, 5.74) is 1.63. The van der Waals surface area contributed by atoms with Gasteiger partial charge in [0.15, 0.2) is 0 Å². The van der Waals surface area contributed by atoms with Gasteiger partial charge in [0, 0.05) is 32.4 Å². The number of pyridine rings is 1.